The number of carbonyl (C=O) groups excluding carboxylic acids is 8. The van der Waals surface area contributed by atoms with E-state index in [9.17, 15) is 38.4 Å². The average molecular weight is 849 g/mol. The van der Waals surface area contributed by atoms with Crippen LogP contribution >= 0.6 is 11.8 Å². The molecule has 4 unspecified atom stereocenters. The van der Waals surface area contributed by atoms with Crippen LogP contribution in [0.4, 0.5) is 4.79 Å². The number of H-pyrrole nitrogens is 1. The van der Waals surface area contributed by atoms with Crippen molar-refractivity contribution < 1.29 is 66.8 Å². The van der Waals surface area contributed by atoms with Crippen molar-refractivity contribution >= 4 is 70.0 Å². The predicted octanol–water partition coefficient (Wildman–Crippen LogP) is 3.13. The maximum absolute atomic E-state index is 14.5. The van der Waals surface area contributed by atoms with Crippen molar-refractivity contribution in [2.75, 3.05) is 54.6 Å². The van der Waals surface area contributed by atoms with Gasteiger partial charge in [0.15, 0.2) is 17.3 Å². The molecule has 60 heavy (non-hydrogen) atoms. The van der Waals surface area contributed by atoms with E-state index in [-0.39, 0.29) is 64.5 Å². The Morgan fingerprint density at radius 2 is 1.65 bits per heavy atom. The molecule has 0 bridgehead atoms. The fraction of sp³-hybridized carbons (Fsp3) is 0.512. The zero-order chi connectivity index (χ0) is 43.0. The Morgan fingerprint density at radius 1 is 0.933 bits per heavy atom. The number of likely N-dealkylation sites (tertiary alicyclic amines) is 2. The molecule has 2 aromatic rings. The molecule has 19 heteroatoms. The number of thioether (sulfide) groups is 1. The van der Waals surface area contributed by atoms with Crippen LogP contribution in [0.3, 0.4) is 0 Å². The average Bonchev–Trinajstić information content (AvgIpc) is 3.45. The number of carbonyl (C=O) groups is 8. The van der Waals surface area contributed by atoms with E-state index < -0.39 is 59.2 Å². The number of ether oxygens (including phenoxy) is 6. The molecule has 4 fully saturated rings. The minimum absolute atomic E-state index is 0.0386. The third kappa shape index (κ3) is 5.97. The van der Waals surface area contributed by atoms with Gasteiger partial charge in [-0.3, -0.25) is 33.7 Å². The molecule has 4 heterocycles. The van der Waals surface area contributed by atoms with Gasteiger partial charge in [0.2, 0.25) is 35.7 Å². The number of aromatic nitrogens is 1. The fourth-order valence-electron chi connectivity index (χ4n) is 9.73. The summed E-state index contributed by atoms with van der Waals surface area (Å²) in [5.74, 6) is -4.06. The van der Waals surface area contributed by atoms with Crippen molar-refractivity contribution in [2.45, 2.75) is 56.2 Å². The van der Waals surface area contributed by atoms with Crippen LogP contribution in [0, 0.1) is 23.2 Å². The highest BCUT2D eigenvalue weighted by atomic mass is 32.2. The number of hydrogen-bond donors (Lipinski definition) is 1. The Hall–Kier alpha value is -5.85. The van der Waals surface area contributed by atoms with E-state index in [0.717, 1.165) is 14.0 Å². The Bertz CT molecular complexity index is 2340. The van der Waals surface area contributed by atoms with Gasteiger partial charge in [-0.25, -0.2) is 14.5 Å². The summed E-state index contributed by atoms with van der Waals surface area (Å²) in [6, 6.07) is 3.30. The SMILES string of the molecule is COC(=O)C1(C)C(=O)C2=C(C(=O)C=C3N(C(=O)c4cc5cc(OC)c(OC)c(OC)c5[nH]4)CC4CC324)N1C(=O)OCOC(=O)C1CCC(CN2C(=O)CC(SC)C2=O)CC1. The lowest BCUT2D eigenvalue weighted by Gasteiger charge is -2.32. The number of allylic oxidation sites excluding steroid dienone is 2. The molecule has 1 spiro atoms. The summed E-state index contributed by atoms with van der Waals surface area (Å²) < 4.78 is 32.2. The highest BCUT2D eigenvalue weighted by Gasteiger charge is 2.75. The minimum atomic E-state index is -2.35. The lowest BCUT2D eigenvalue weighted by atomic mass is 9.80. The maximum Gasteiger partial charge on any atom is 0.418 e. The number of ketones is 2. The molecular weight excluding hydrogens is 805 g/mol. The van der Waals surface area contributed by atoms with Gasteiger partial charge < -0.3 is 38.3 Å². The number of Topliss-reactive ketones (excluding diaryl/α,β-unsaturated/α-hetero) is 1. The second-order valence-electron chi connectivity index (χ2n) is 15.9. The maximum atomic E-state index is 14.5. The molecule has 1 aromatic carbocycles. The molecule has 3 aliphatic carbocycles. The van der Waals surface area contributed by atoms with Gasteiger partial charge >= 0.3 is 18.0 Å². The summed E-state index contributed by atoms with van der Waals surface area (Å²) in [5.41, 5.74) is -3.05. The Labute approximate surface area is 347 Å². The number of piperidine rings is 1. The molecule has 1 N–H and O–H groups in total. The monoisotopic (exact) mass is 848 g/mol. The Kier molecular flexibility index (Phi) is 10.2. The number of methoxy groups -OCH3 is 4. The van der Waals surface area contributed by atoms with E-state index in [1.54, 1.807) is 18.4 Å². The molecular formula is C41H44N4O14S. The fourth-order valence-corrected chi connectivity index (χ4v) is 10.4. The van der Waals surface area contributed by atoms with Crippen LogP contribution < -0.4 is 14.2 Å². The number of hydrogen-bond acceptors (Lipinski definition) is 15. The molecule has 4 amide bonds. The van der Waals surface area contributed by atoms with Gasteiger partial charge in [0.05, 0.1) is 45.1 Å². The minimum Gasteiger partial charge on any atom is -0.493 e. The smallest absolute Gasteiger partial charge is 0.418 e. The number of nitrogens with zero attached hydrogens (tertiary/aromatic N) is 3. The van der Waals surface area contributed by atoms with E-state index in [1.165, 1.54) is 49.0 Å². The number of rotatable bonds is 11. The number of esters is 2. The van der Waals surface area contributed by atoms with E-state index >= 15 is 0 Å². The summed E-state index contributed by atoms with van der Waals surface area (Å²) in [5, 5.41) is 0.227. The highest BCUT2D eigenvalue weighted by molar-refractivity contribution is 8.00. The van der Waals surface area contributed by atoms with E-state index in [0.29, 0.717) is 71.7 Å². The lowest BCUT2D eigenvalue weighted by Crippen LogP contribution is -2.57. The Balaban J connectivity index is 0.971. The summed E-state index contributed by atoms with van der Waals surface area (Å²) in [7, 11) is 5.43. The van der Waals surface area contributed by atoms with Crippen molar-refractivity contribution in [3.63, 3.8) is 0 Å². The zero-order valence-electron chi connectivity index (χ0n) is 33.9. The van der Waals surface area contributed by atoms with Gasteiger partial charge in [-0.05, 0) is 69.3 Å². The summed E-state index contributed by atoms with van der Waals surface area (Å²) in [6.45, 7) is 0.741. The molecule has 6 aliphatic rings. The molecule has 2 saturated carbocycles. The number of nitrogens with one attached hydrogen (secondary N) is 1. The Morgan fingerprint density at radius 3 is 2.28 bits per heavy atom. The van der Waals surface area contributed by atoms with E-state index in [1.807, 2.05) is 0 Å². The first kappa shape index (κ1) is 40.9. The molecule has 4 atom stereocenters. The number of amides is 4. The second-order valence-corrected chi connectivity index (χ2v) is 16.9. The topological polar surface area (TPSA) is 217 Å². The summed E-state index contributed by atoms with van der Waals surface area (Å²) >= 11 is 1.35. The van der Waals surface area contributed by atoms with Crippen LogP contribution in [-0.2, 0) is 43.0 Å². The van der Waals surface area contributed by atoms with Crippen molar-refractivity contribution in [3.05, 3.63) is 40.9 Å². The summed E-state index contributed by atoms with van der Waals surface area (Å²) in [6.07, 6.45) is 4.30. The van der Waals surface area contributed by atoms with E-state index in [2.05, 4.69) is 4.98 Å². The lowest BCUT2D eigenvalue weighted by molar-refractivity contribution is -0.162. The molecule has 18 nitrogen and oxygen atoms in total. The highest BCUT2D eigenvalue weighted by Crippen LogP contribution is 2.71. The second kappa shape index (κ2) is 15.0. The van der Waals surface area contributed by atoms with Gasteiger partial charge in [0.1, 0.15) is 11.4 Å². The van der Waals surface area contributed by atoms with Gasteiger partial charge in [0, 0.05) is 47.7 Å². The quantitative estimate of drug-likeness (QED) is 0.149. The molecule has 8 rings (SSSR count). The van der Waals surface area contributed by atoms with Crippen LogP contribution in [0.25, 0.3) is 10.9 Å². The predicted molar refractivity (Wildman–Crippen MR) is 208 cm³/mol. The van der Waals surface area contributed by atoms with Crippen LogP contribution in [0.2, 0.25) is 0 Å². The van der Waals surface area contributed by atoms with Gasteiger partial charge in [-0.2, -0.15) is 11.8 Å². The number of imide groups is 1. The molecule has 3 aliphatic heterocycles. The molecule has 0 radical (unpaired) electrons. The first-order valence-corrected chi connectivity index (χ1v) is 20.8. The van der Waals surface area contributed by atoms with Crippen LogP contribution in [0.5, 0.6) is 17.2 Å². The number of aromatic amines is 1. The van der Waals surface area contributed by atoms with E-state index in [4.69, 9.17) is 28.4 Å². The van der Waals surface area contributed by atoms with Crippen molar-refractivity contribution in [1.29, 1.82) is 0 Å². The molecule has 1 aromatic heterocycles. The number of fused-ring (bicyclic) bond motifs is 1. The van der Waals surface area contributed by atoms with Gasteiger partial charge in [-0.15, -0.1) is 0 Å². The van der Waals surface area contributed by atoms with Gasteiger partial charge in [-0.1, -0.05) is 0 Å². The largest absolute Gasteiger partial charge is 0.493 e. The van der Waals surface area contributed by atoms with Crippen molar-refractivity contribution in [3.8, 4) is 17.2 Å². The van der Waals surface area contributed by atoms with Crippen LogP contribution in [0.1, 0.15) is 55.9 Å². The molecule has 318 valence electrons. The third-order valence-electron chi connectivity index (χ3n) is 12.9. The first-order chi connectivity index (χ1) is 28.7. The van der Waals surface area contributed by atoms with Crippen molar-refractivity contribution in [1.82, 2.24) is 19.7 Å². The summed E-state index contributed by atoms with van der Waals surface area (Å²) in [4.78, 5) is 115. The third-order valence-corrected chi connectivity index (χ3v) is 13.9. The first-order valence-electron chi connectivity index (χ1n) is 19.5. The van der Waals surface area contributed by atoms with Gasteiger partial charge in [0.25, 0.3) is 5.91 Å². The van der Waals surface area contributed by atoms with Crippen LogP contribution in [0.15, 0.2) is 35.2 Å². The number of benzene rings is 1. The zero-order valence-corrected chi connectivity index (χ0v) is 34.7. The molecule has 2 saturated heterocycles. The van der Waals surface area contributed by atoms with Crippen molar-refractivity contribution in [2.24, 2.45) is 23.2 Å². The van der Waals surface area contributed by atoms with Crippen LogP contribution in [-0.4, -0.2) is 132 Å². The normalized spacial score (nSPS) is 28.0. The standard InChI is InChI=1S/C41H44N4O14S/c1-40(38(52)57-5)34(48)29-31(45(40)39(53)59-18-58-37(51)20-9-7-19(8-10-20)16-44-28(47)14-26(60-6)36(44)50)24(46)13-27-41(29)15-22(41)17-43(27)35(49)23-11-21-12-25(54-2)32(55-3)33(56-4)30(21)42-23/h11-13,19-20,22,26,42H,7-10,14-18H2,1-6H3.